The third kappa shape index (κ3) is 4.19. The molecule has 0 saturated carbocycles. The molecule has 0 radical (unpaired) electrons. The van der Waals surface area contributed by atoms with Gasteiger partial charge in [-0.2, -0.15) is 0 Å². The number of aryl methyl sites for hydroxylation is 1. The summed E-state index contributed by atoms with van der Waals surface area (Å²) in [6.45, 7) is 3.26. The quantitative estimate of drug-likeness (QED) is 0.835. The van der Waals surface area contributed by atoms with Gasteiger partial charge in [-0.1, -0.05) is 0 Å². The maximum Gasteiger partial charge on any atom is 0.271 e. The molecule has 0 bridgehead atoms. The van der Waals surface area contributed by atoms with E-state index in [-0.39, 0.29) is 23.7 Å². The molecule has 0 unspecified atom stereocenters. The summed E-state index contributed by atoms with van der Waals surface area (Å²) in [5.41, 5.74) is 0.508. The summed E-state index contributed by atoms with van der Waals surface area (Å²) in [4.78, 5) is 16.1. The molecule has 1 aliphatic heterocycles. The van der Waals surface area contributed by atoms with Crippen molar-refractivity contribution in [1.29, 1.82) is 0 Å². The standard InChI is InChI=1S/C13H22N4O2.ClH/c1-17-7-11(16-10-17)12(18)15-8-13(9-19-2)3-5-14-6-4-13;/h7,10,14H,3-6,8-9H2,1-2H3,(H,15,18);1H. The second kappa shape index (κ2) is 7.61. The Morgan fingerprint density at radius 3 is 2.80 bits per heavy atom. The maximum atomic E-state index is 12.0. The Morgan fingerprint density at radius 2 is 2.25 bits per heavy atom. The van der Waals surface area contributed by atoms with Crippen LogP contribution in [0.15, 0.2) is 12.5 Å². The predicted molar refractivity (Wildman–Crippen MR) is 79.2 cm³/mol. The first kappa shape index (κ1) is 16.9. The third-order valence-corrected chi connectivity index (χ3v) is 3.68. The van der Waals surface area contributed by atoms with Crippen molar-refractivity contribution >= 4 is 18.3 Å². The molecule has 1 fully saturated rings. The van der Waals surface area contributed by atoms with Gasteiger partial charge in [-0.15, -0.1) is 12.4 Å². The highest BCUT2D eigenvalue weighted by Gasteiger charge is 2.32. The molecule has 0 aliphatic carbocycles. The number of hydrogen-bond donors (Lipinski definition) is 2. The van der Waals surface area contributed by atoms with Crippen LogP contribution in [0.5, 0.6) is 0 Å². The Morgan fingerprint density at radius 1 is 1.55 bits per heavy atom. The van der Waals surface area contributed by atoms with Crippen LogP contribution in [0, 0.1) is 5.41 Å². The van der Waals surface area contributed by atoms with Crippen LogP contribution >= 0.6 is 12.4 Å². The third-order valence-electron chi connectivity index (χ3n) is 3.68. The predicted octanol–water partition coefficient (Wildman–Crippen LogP) is 0.588. The number of aromatic nitrogens is 2. The van der Waals surface area contributed by atoms with Crippen molar-refractivity contribution in [2.45, 2.75) is 12.8 Å². The molecule has 1 amide bonds. The van der Waals surface area contributed by atoms with Gasteiger partial charge in [0, 0.05) is 32.3 Å². The molecule has 0 atom stereocenters. The first-order valence-electron chi connectivity index (χ1n) is 6.61. The van der Waals surface area contributed by atoms with Gasteiger partial charge in [-0.3, -0.25) is 4.79 Å². The number of ether oxygens (including phenoxy) is 1. The summed E-state index contributed by atoms with van der Waals surface area (Å²) in [6.07, 6.45) is 5.39. The zero-order valence-electron chi connectivity index (χ0n) is 12.0. The number of piperidine rings is 1. The second-order valence-corrected chi connectivity index (χ2v) is 5.29. The van der Waals surface area contributed by atoms with Gasteiger partial charge in [-0.25, -0.2) is 4.98 Å². The minimum Gasteiger partial charge on any atom is -0.384 e. The van der Waals surface area contributed by atoms with Crippen LogP contribution in [0.2, 0.25) is 0 Å². The number of halogens is 1. The second-order valence-electron chi connectivity index (χ2n) is 5.29. The van der Waals surface area contributed by atoms with Crippen molar-refractivity contribution in [3.8, 4) is 0 Å². The van der Waals surface area contributed by atoms with Crippen molar-refractivity contribution in [3.05, 3.63) is 18.2 Å². The van der Waals surface area contributed by atoms with Gasteiger partial charge < -0.3 is 19.9 Å². The van der Waals surface area contributed by atoms with E-state index in [1.807, 2.05) is 7.05 Å². The fraction of sp³-hybridized carbons (Fsp3) is 0.692. The average Bonchev–Trinajstić information content (AvgIpc) is 2.84. The first-order valence-corrected chi connectivity index (χ1v) is 6.61. The summed E-state index contributed by atoms with van der Waals surface area (Å²) >= 11 is 0. The highest BCUT2D eigenvalue weighted by atomic mass is 35.5. The van der Waals surface area contributed by atoms with Crippen molar-refractivity contribution in [2.75, 3.05) is 33.4 Å². The van der Waals surface area contributed by atoms with Crippen LogP contribution in [-0.2, 0) is 11.8 Å². The number of amides is 1. The highest BCUT2D eigenvalue weighted by Crippen LogP contribution is 2.28. The zero-order valence-corrected chi connectivity index (χ0v) is 12.8. The van der Waals surface area contributed by atoms with Crippen LogP contribution in [0.25, 0.3) is 0 Å². The molecule has 1 aromatic rings. The van der Waals surface area contributed by atoms with Crippen LogP contribution in [0.1, 0.15) is 23.3 Å². The minimum absolute atomic E-state index is 0. The Hall–Kier alpha value is -1.11. The molecule has 0 spiro atoms. The van der Waals surface area contributed by atoms with Gasteiger partial charge in [0.1, 0.15) is 5.69 Å². The van der Waals surface area contributed by atoms with Crippen LogP contribution < -0.4 is 10.6 Å². The van der Waals surface area contributed by atoms with E-state index in [2.05, 4.69) is 15.6 Å². The fourth-order valence-electron chi connectivity index (χ4n) is 2.52. The number of hydrogen-bond acceptors (Lipinski definition) is 4. The summed E-state index contributed by atoms with van der Waals surface area (Å²) in [5, 5.41) is 6.32. The smallest absolute Gasteiger partial charge is 0.271 e. The number of rotatable bonds is 5. The van der Waals surface area contributed by atoms with E-state index >= 15 is 0 Å². The van der Waals surface area contributed by atoms with Gasteiger partial charge in [-0.05, 0) is 25.9 Å². The van der Waals surface area contributed by atoms with Gasteiger partial charge >= 0.3 is 0 Å². The van der Waals surface area contributed by atoms with E-state index < -0.39 is 0 Å². The Balaban J connectivity index is 0.00000200. The minimum atomic E-state index is -0.116. The van der Waals surface area contributed by atoms with E-state index in [4.69, 9.17) is 4.74 Å². The molecule has 2 N–H and O–H groups in total. The molecule has 1 aromatic heterocycles. The zero-order chi connectivity index (χ0) is 13.7. The fourth-order valence-corrected chi connectivity index (χ4v) is 2.52. The number of carbonyl (C=O) groups excluding carboxylic acids is 1. The van der Waals surface area contributed by atoms with Crippen molar-refractivity contribution in [3.63, 3.8) is 0 Å². The van der Waals surface area contributed by atoms with Crippen molar-refractivity contribution in [2.24, 2.45) is 12.5 Å². The molecule has 2 heterocycles. The van der Waals surface area contributed by atoms with Crippen molar-refractivity contribution < 1.29 is 9.53 Å². The van der Waals surface area contributed by atoms with Crippen LogP contribution in [-0.4, -0.2) is 48.8 Å². The summed E-state index contributed by atoms with van der Waals surface area (Å²) in [7, 11) is 3.56. The SMILES string of the molecule is COCC1(CNC(=O)c2cn(C)cn2)CCNCC1.Cl. The number of carbonyl (C=O) groups is 1. The number of methoxy groups -OCH3 is 1. The Bertz CT molecular complexity index is 424. The molecule has 0 aromatic carbocycles. The number of imidazole rings is 1. The molecule has 2 rings (SSSR count). The molecular formula is C13H23ClN4O2. The van der Waals surface area contributed by atoms with Gasteiger partial charge in [0.2, 0.25) is 0 Å². The first-order chi connectivity index (χ1) is 9.15. The lowest BCUT2D eigenvalue weighted by Gasteiger charge is -2.37. The normalized spacial score (nSPS) is 17.3. The van der Waals surface area contributed by atoms with Crippen LogP contribution in [0.3, 0.4) is 0 Å². The Labute approximate surface area is 125 Å². The largest absolute Gasteiger partial charge is 0.384 e. The summed E-state index contributed by atoms with van der Waals surface area (Å²) in [6, 6.07) is 0. The number of nitrogens with one attached hydrogen (secondary N) is 2. The lowest BCUT2D eigenvalue weighted by atomic mass is 9.79. The molecule has 6 nitrogen and oxygen atoms in total. The van der Waals surface area contributed by atoms with Gasteiger partial charge in [0.05, 0.1) is 12.9 Å². The average molecular weight is 303 g/mol. The van der Waals surface area contributed by atoms with Gasteiger partial charge in [0.15, 0.2) is 0 Å². The summed E-state index contributed by atoms with van der Waals surface area (Å²) < 4.78 is 7.10. The van der Waals surface area contributed by atoms with Gasteiger partial charge in [0.25, 0.3) is 5.91 Å². The van der Waals surface area contributed by atoms with Crippen LogP contribution in [0.4, 0.5) is 0 Å². The van der Waals surface area contributed by atoms with E-state index in [1.165, 1.54) is 0 Å². The molecule has 1 aliphatic rings. The highest BCUT2D eigenvalue weighted by molar-refractivity contribution is 5.92. The van der Waals surface area contributed by atoms with E-state index in [0.717, 1.165) is 25.9 Å². The van der Waals surface area contributed by atoms with E-state index in [0.29, 0.717) is 18.8 Å². The topological polar surface area (TPSA) is 68.2 Å². The molecule has 114 valence electrons. The lowest BCUT2D eigenvalue weighted by Crippen LogP contribution is -2.47. The van der Waals surface area contributed by atoms with E-state index in [9.17, 15) is 4.79 Å². The molecule has 1 saturated heterocycles. The number of nitrogens with zero attached hydrogens (tertiary/aromatic N) is 2. The monoisotopic (exact) mass is 302 g/mol. The lowest BCUT2D eigenvalue weighted by molar-refractivity contribution is 0.0511. The maximum absolute atomic E-state index is 12.0. The summed E-state index contributed by atoms with van der Waals surface area (Å²) in [5.74, 6) is -0.116. The van der Waals surface area contributed by atoms with E-state index in [1.54, 1.807) is 24.2 Å². The Kier molecular flexibility index (Phi) is 6.45. The molecule has 7 heteroatoms. The molecular weight excluding hydrogens is 280 g/mol. The van der Waals surface area contributed by atoms with Crippen molar-refractivity contribution in [1.82, 2.24) is 20.2 Å². The molecule has 20 heavy (non-hydrogen) atoms.